The van der Waals surface area contributed by atoms with Gasteiger partial charge in [-0.05, 0) is 13.3 Å². The van der Waals surface area contributed by atoms with Gasteiger partial charge in [-0.3, -0.25) is 0 Å². The Morgan fingerprint density at radius 1 is 0.750 bits per heavy atom. The number of carbonyl (C=O) groups excluding carboxylic acids is 1. The normalized spacial score (nSPS) is 9.88. The predicted molar refractivity (Wildman–Crippen MR) is 77.5 cm³/mol. The number of halogens is 1. The van der Waals surface area contributed by atoms with Crippen LogP contribution in [-0.4, -0.2) is 5.78 Å². The Bertz CT molecular complexity index is 146. The zero-order valence-electron chi connectivity index (χ0n) is 11.1. The fourth-order valence-electron chi connectivity index (χ4n) is 1.86. The number of unbranched alkanes of at least 4 members (excludes halogenated alkanes) is 9. The van der Waals surface area contributed by atoms with Crippen LogP contribution in [0.1, 0.15) is 84.5 Å². The van der Waals surface area contributed by atoms with E-state index in [0.717, 1.165) is 12.8 Å². The van der Waals surface area contributed by atoms with Crippen molar-refractivity contribution in [1.29, 1.82) is 0 Å². The third-order valence-corrected chi connectivity index (χ3v) is 2.88. The lowest BCUT2D eigenvalue weighted by Gasteiger charge is -2.01. The molecule has 0 saturated carbocycles. The van der Waals surface area contributed by atoms with Crippen molar-refractivity contribution >= 4 is 22.8 Å². The lowest BCUT2D eigenvalue weighted by Crippen LogP contribution is -1.89. The van der Waals surface area contributed by atoms with Gasteiger partial charge in [-0.2, -0.15) is 0 Å². The molecular formula is C14H29BrO. The predicted octanol–water partition coefficient (Wildman–Crippen LogP) is 5.46. The number of Topliss-reactive ketones (excluding diaryl/α,β-unsaturated/α-hetero) is 1. The van der Waals surface area contributed by atoms with Gasteiger partial charge in [0.25, 0.3) is 0 Å². The Hall–Kier alpha value is 0.150. The molecule has 0 unspecified atom stereocenters. The summed E-state index contributed by atoms with van der Waals surface area (Å²) in [7, 11) is 0. The molecule has 0 bridgehead atoms. The van der Waals surface area contributed by atoms with Crippen LogP contribution in [0.15, 0.2) is 0 Å². The zero-order chi connectivity index (χ0) is 11.4. The summed E-state index contributed by atoms with van der Waals surface area (Å²) in [4.78, 5) is 10.7. The van der Waals surface area contributed by atoms with Crippen LogP contribution >= 0.6 is 17.0 Å². The van der Waals surface area contributed by atoms with Gasteiger partial charge in [-0.15, -0.1) is 17.0 Å². The molecule has 0 aliphatic carbocycles. The van der Waals surface area contributed by atoms with Crippen LogP contribution in [0.3, 0.4) is 0 Å². The van der Waals surface area contributed by atoms with Crippen molar-refractivity contribution in [2.24, 2.45) is 0 Å². The summed E-state index contributed by atoms with van der Waals surface area (Å²) in [6.07, 6.45) is 14.2. The molecule has 0 saturated heterocycles. The Balaban J connectivity index is 0. The van der Waals surface area contributed by atoms with E-state index < -0.39 is 0 Å². The van der Waals surface area contributed by atoms with Crippen LogP contribution in [0.4, 0.5) is 0 Å². The smallest absolute Gasteiger partial charge is 0.129 e. The summed E-state index contributed by atoms with van der Waals surface area (Å²) >= 11 is 0. The highest BCUT2D eigenvalue weighted by Gasteiger charge is 1.94. The molecule has 0 radical (unpaired) electrons. The molecule has 0 aromatic carbocycles. The first kappa shape index (κ1) is 18.5. The first-order chi connectivity index (χ1) is 7.27. The van der Waals surface area contributed by atoms with Crippen molar-refractivity contribution in [1.82, 2.24) is 0 Å². The fourth-order valence-corrected chi connectivity index (χ4v) is 1.86. The average molecular weight is 293 g/mol. The van der Waals surface area contributed by atoms with Gasteiger partial charge < -0.3 is 4.79 Å². The minimum absolute atomic E-state index is 0. The molecule has 0 aliphatic heterocycles. The van der Waals surface area contributed by atoms with Crippen LogP contribution in [0, 0.1) is 0 Å². The molecule has 0 aromatic rings. The van der Waals surface area contributed by atoms with Crippen LogP contribution in [0.5, 0.6) is 0 Å². The molecule has 0 rings (SSSR count). The molecule has 0 atom stereocenters. The molecule has 0 spiro atoms. The summed E-state index contributed by atoms with van der Waals surface area (Å²) in [5, 5.41) is 0. The van der Waals surface area contributed by atoms with E-state index in [9.17, 15) is 4.79 Å². The molecule has 0 aromatic heterocycles. The lowest BCUT2D eigenvalue weighted by molar-refractivity contribution is -0.117. The quantitative estimate of drug-likeness (QED) is 0.462. The van der Waals surface area contributed by atoms with Gasteiger partial charge >= 0.3 is 0 Å². The molecule has 0 fully saturated rings. The van der Waals surface area contributed by atoms with Gasteiger partial charge in [0.2, 0.25) is 0 Å². The van der Waals surface area contributed by atoms with Crippen molar-refractivity contribution < 1.29 is 4.79 Å². The van der Waals surface area contributed by atoms with Gasteiger partial charge in [0.05, 0.1) is 0 Å². The molecule has 2 heteroatoms. The lowest BCUT2D eigenvalue weighted by atomic mass is 10.1. The second-order valence-electron chi connectivity index (χ2n) is 4.63. The van der Waals surface area contributed by atoms with Crippen molar-refractivity contribution in [3.05, 3.63) is 0 Å². The van der Waals surface area contributed by atoms with Gasteiger partial charge in [-0.1, -0.05) is 64.7 Å². The summed E-state index contributed by atoms with van der Waals surface area (Å²) in [6.45, 7) is 3.95. The topological polar surface area (TPSA) is 17.1 Å². The first-order valence-electron chi connectivity index (χ1n) is 6.76. The highest BCUT2D eigenvalue weighted by atomic mass is 79.9. The second kappa shape index (κ2) is 15.1. The van der Waals surface area contributed by atoms with E-state index in [1.807, 2.05) is 0 Å². The van der Waals surface area contributed by atoms with E-state index in [1.54, 1.807) is 6.92 Å². The maximum Gasteiger partial charge on any atom is 0.129 e. The minimum atomic E-state index is 0. The van der Waals surface area contributed by atoms with Crippen LogP contribution in [0.2, 0.25) is 0 Å². The van der Waals surface area contributed by atoms with E-state index in [2.05, 4.69) is 6.92 Å². The number of ketones is 1. The standard InChI is InChI=1S/C14H28O.BrH/c1-3-4-5-6-7-8-9-10-11-12-13-14(2)15;/h3-13H2,1-2H3;1H. The maximum absolute atomic E-state index is 10.7. The highest BCUT2D eigenvalue weighted by molar-refractivity contribution is 8.93. The van der Waals surface area contributed by atoms with Crippen LogP contribution in [-0.2, 0) is 4.79 Å². The van der Waals surface area contributed by atoms with Gasteiger partial charge in [0.15, 0.2) is 0 Å². The van der Waals surface area contributed by atoms with Crippen molar-refractivity contribution in [3.8, 4) is 0 Å². The third-order valence-electron chi connectivity index (χ3n) is 2.88. The highest BCUT2D eigenvalue weighted by Crippen LogP contribution is 2.11. The number of carbonyl (C=O) groups is 1. The Labute approximate surface area is 112 Å². The van der Waals surface area contributed by atoms with Crippen molar-refractivity contribution in [3.63, 3.8) is 0 Å². The zero-order valence-corrected chi connectivity index (χ0v) is 12.8. The molecule has 0 aliphatic rings. The van der Waals surface area contributed by atoms with E-state index >= 15 is 0 Å². The van der Waals surface area contributed by atoms with Gasteiger partial charge in [0.1, 0.15) is 5.78 Å². The summed E-state index contributed by atoms with van der Waals surface area (Å²) in [5.74, 6) is 0.342. The molecule has 1 nitrogen and oxygen atoms in total. The maximum atomic E-state index is 10.7. The third kappa shape index (κ3) is 16.6. The Kier molecular flexibility index (Phi) is 17.5. The Morgan fingerprint density at radius 3 is 1.50 bits per heavy atom. The number of hydrogen-bond donors (Lipinski definition) is 0. The second-order valence-corrected chi connectivity index (χ2v) is 4.63. The van der Waals surface area contributed by atoms with E-state index in [-0.39, 0.29) is 17.0 Å². The summed E-state index contributed by atoms with van der Waals surface area (Å²) < 4.78 is 0. The molecule has 0 amide bonds. The first-order valence-corrected chi connectivity index (χ1v) is 6.76. The molecule has 16 heavy (non-hydrogen) atoms. The fraction of sp³-hybridized carbons (Fsp3) is 0.929. The van der Waals surface area contributed by atoms with Crippen molar-refractivity contribution in [2.45, 2.75) is 84.5 Å². The number of hydrogen-bond acceptors (Lipinski definition) is 1. The Morgan fingerprint density at radius 2 is 1.12 bits per heavy atom. The van der Waals surface area contributed by atoms with E-state index in [4.69, 9.17) is 0 Å². The van der Waals surface area contributed by atoms with E-state index in [0.29, 0.717) is 5.78 Å². The summed E-state index contributed by atoms with van der Waals surface area (Å²) in [6, 6.07) is 0. The van der Waals surface area contributed by atoms with E-state index in [1.165, 1.54) is 57.8 Å². The van der Waals surface area contributed by atoms with Crippen LogP contribution in [0.25, 0.3) is 0 Å². The SMILES string of the molecule is Br.CCCCCCCCCCCCC(C)=O. The molecule has 0 heterocycles. The minimum Gasteiger partial charge on any atom is -0.300 e. The van der Waals surface area contributed by atoms with Crippen molar-refractivity contribution in [2.75, 3.05) is 0 Å². The van der Waals surface area contributed by atoms with Crippen LogP contribution < -0.4 is 0 Å². The summed E-state index contributed by atoms with van der Waals surface area (Å²) in [5.41, 5.74) is 0. The molecular weight excluding hydrogens is 264 g/mol. The molecule has 98 valence electrons. The average Bonchev–Trinajstić information content (AvgIpc) is 2.20. The molecule has 0 N–H and O–H groups in total. The number of rotatable bonds is 11. The monoisotopic (exact) mass is 292 g/mol. The van der Waals surface area contributed by atoms with Gasteiger partial charge in [-0.25, -0.2) is 0 Å². The van der Waals surface area contributed by atoms with Gasteiger partial charge in [0, 0.05) is 6.42 Å². The largest absolute Gasteiger partial charge is 0.300 e.